The number of nitrogens with zero attached hydrogens (tertiary/aromatic N) is 2. The average Bonchev–Trinajstić information content (AvgIpc) is 3.27. The molecule has 2 aliphatic heterocycles. The maximum atomic E-state index is 11.8. The van der Waals surface area contributed by atoms with Crippen molar-refractivity contribution in [1.29, 1.82) is 0 Å². The van der Waals surface area contributed by atoms with Crippen LogP contribution < -0.4 is 20.1 Å². The number of amides is 2. The lowest BCUT2D eigenvalue weighted by Gasteiger charge is -2.11. The Bertz CT molecular complexity index is 1600. The van der Waals surface area contributed by atoms with Crippen LogP contribution in [-0.2, 0) is 9.59 Å². The van der Waals surface area contributed by atoms with Gasteiger partial charge < -0.3 is 20.1 Å². The lowest BCUT2D eigenvalue weighted by atomic mass is 10.0. The second kappa shape index (κ2) is 12.1. The lowest BCUT2D eigenvalue weighted by molar-refractivity contribution is -0.115. The van der Waals surface area contributed by atoms with Crippen LogP contribution in [0, 0.1) is 0 Å². The smallest absolute Gasteiger partial charge is 0.246 e. The van der Waals surface area contributed by atoms with Gasteiger partial charge in [0, 0.05) is 28.3 Å². The molecular weight excluding hydrogens is 504 g/mol. The molecule has 40 heavy (non-hydrogen) atoms. The molecule has 0 fully saturated rings. The SMILES string of the molecule is COc1ccc2c(c1)C(c1ccccc1)=NCC(=O)N2.COc1ccc2c(c1)NC(=O)CN=C2c1ccccc1. The van der Waals surface area contributed by atoms with Gasteiger partial charge in [0.1, 0.15) is 24.6 Å². The van der Waals surface area contributed by atoms with Gasteiger partial charge in [-0.05, 0) is 30.3 Å². The first-order chi connectivity index (χ1) is 19.6. The van der Waals surface area contributed by atoms with E-state index < -0.39 is 0 Å². The fourth-order valence-corrected chi connectivity index (χ4v) is 4.45. The summed E-state index contributed by atoms with van der Waals surface area (Å²) in [5.41, 5.74) is 6.88. The molecule has 4 aromatic rings. The summed E-state index contributed by atoms with van der Waals surface area (Å²) < 4.78 is 10.5. The van der Waals surface area contributed by atoms with Gasteiger partial charge in [-0.15, -0.1) is 0 Å². The molecule has 0 radical (unpaired) electrons. The monoisotopic (exact) mass is 532 g/mol. The molecule has 2 aliphatic rings. The molecule has 8 nitrogen and oxygen atoms in total. The fraction of sp³-hybridized carbons (Fsp3) is 0.125. The Kier molecular flexibility index (Phi) is 7.97. The molecule has 0 aliphatic carbocycles. The molecule has 2 heterocycles. The standard InChI is InChI=1S/2C16H14N2O2/c1-20-12-7-8-14-13(9-12)16(17-10-15(19)18-14)11-5-3-2-4-6-11;1-20-12-7-8-13-14(9-12)18-15(19)10-17-16(13)11-5-3-2-4-6-11/h2*2-9H,10H2,1H3,(H,18,19). The van der Waals surface area contributed by atoms with Gasteiger partial charge in [0.25, 0.3) is 0 Å². The van der Waals surface area contributed by atoms with Gasteiger partial charge in [0.2, 0.25) is 11.8 Å². The number of methoxy groups -OCH3 is 2. The second-order valence-electron chi connectivity index (χ2n) is 8.98. The quantitative estimate of drug-likeness (QED) is 0.388. The zero-order valence-electron chi connectivity index (χ0n) is 22.2. The van der Waals surface area contributed by atoms with E-state index in [0.29, 0.717) is 5.75 Å². The van der Waals surface area contributed by atoms with Crippen LogP contribution in [0.1, 0.15) is 22.3 Å². The molecular formula is C32H28N4O4. The maximum absolute atomic E-state index is 11.8. The number of rotatable bonds is 4. The van der Waals surface area contributed by atoms with E-state index in [1.165, 1.54) is 0 Å². The van der Waals surface area contributed by atoms with E-state index in [1.54, 1.807) is 14.2 Å². The highest BCUT2D eigenvalue weighted by atomic mass is 16.5. The molecule has 0 bridgehead atoms. The number of aliphatic imine (C=N–C) groups is 2. The van der Waals surface area contributed by atoms with Gasteiger partial charge >= 0.3 is 0 Å². The molecule has 0 saturated heterocycles. The molecule has 2 N–H and O–H groups in total. The molecule has 0 atom stereocenters. The number of hydrogen-bond acceptors (Lipinski definition) is 6. The summed E-state index contributed by atoms with van der Waals surface area (Å²) in [6.07, 6.45) is 0. The van der Waals surface area contributed by atoms with Crippen molar-refractivity contribution < 1.29 is 19.1 Å². The zero-order valence-corrected chi connectivity index (χ0v) is 22.2. The summed E-state index contributed by atoms with van der Waals surface area (Å²) in [6, 6.07) is 30.9. The molecule has 200 valence electrons. The topological polar surface area (TPSA) is 101 Å². The molecule has 6 rings (SSSR count). The van der Waals surface area contributed by atoms with Crippen molar-refractivity contribution in [3.63, 3.8) is 0 Å². The predicted molar refractivity (Wildman–Crippen MR) is 157 cm³/mol. The second-order valence-corrected chi connectivity index (χ2v) is 8.98. The number of carbonyl (C=O) groups is 2. The third-order valence-corrected chi connectivity index (χ3v) is 6.37. The van der Waals surface area contributed by atoms with Gasteiger partial charge in [-0.1, -0.05) is 60.7 Å². The fourth-order valence-electron chi connectivity index (χ4n) is 4.45. The van der Waals surface area contributed by atoms with E-state index in [4.69, 9.17) is 9.47 Å². The minimum atomic E-state index is -0.120. The van der Waals surface area contributed by atoms with Gasteiger partial charge in [-0.3, -0.25) is 19.6 Å². The first kappa shape index (κ1) is 26.4. The number of hydrogen-bond donors (Lipinski definition) is 2. The molecule has 4 aromatic carbocycles. The molecule has 2 amide bonds. The minimum Gasteiger partial charge on any atom is -0.497 e. The highest BCUT2D eigenvalue weighted by Gasteiger charge is 2.19. The lowest BCUT2D eigenvalue weighted by Crippen LogP contribution is -2.13. The van der Waals surface area contributed by atoms with Crippen LogP contribution in [0.2, 0.25) is 0 Å². The van der Waals surface area contributed by atoms with Crippen molar-refractivity contribution in [3.05, 3.63) is 119 Å². The number of benzodiazepines with no additional fused rings is 2. The van der Waals surface area contributed by atoms with Crippen molar-refractivity contribution in [2.45, 2.75) is 0 Å². The number of anilines is 2. The number of nitrogens with one attached hydrogen (secondary N) is 2. The van der Waals surface area contributed by atoms with Crippen molar-refractivity contribution >= 4 is 34.6 Å². The molecule has 8 heteroatoms. The van der Waals surface area contributed by atoms with E-state index in [9.17, 15) is 9.59 Å². The van der Waals surface area contributed by atoms with Crippen molar-refractivity contribution in [1.82, 2.24) is 0 Å². The highest BCUT2D eigenvalue weighted by molar-refractivity contribution is 6.20. The predicted octanol–water partition coefficient (Wildman–Crippen LogP) is 4.97. The van der Waals surface area contributed by atoms with Crippen LogP contribution in [0.15, 0.2) is 107 Å². The Hall–Kier alpha value is -5.24. The largest absolute Gasteiger partial charge is 0.497 e. The number of carbonyl (C=O) groups excluding carboxylic acids is 2. The van der Waals surface area contributed by atoms with Crippen molar-refractivity contribution in [3.8, 4) is 11.5 Å². The van der Waals surface area contributed by atoms with Crippen LogP contribution in [0.4, 0.5) is 11.4 Å². The number of ether oxygens (including phenoxy) is 2. The zero-order chi connectivity index (χ0) is 27.9. The first-order valence-corrected chi connectivity index (χ1v) is 12.7. The Morgan fingerprint density at radius 2 is 1.07 bits per heavy atom. The Morgan fingerprint density at radius 3 is 1.65 bits per heavy atom. The number of benzene rings is 4. The summed E-state index contributed by atoms with van der Waals surface area (Å²) in [7, 11) is 3.22. The maximum Gasteiger partial charge on any atom is 0.246 e. The average molecular weight is 533 g/mol. The van der Waals surface area contributed by atoms with E-state index in [0.717, 1.165) is 50.8 Å². The first-order valence-electron chi connectivity index (χ1n) is 12.7. The van der Waals surface area contributed by atoms with E-state index >= 15 is 0 Å². The van der Waals surface area contributed by atoms with Crippen LogP contribution >= 0.6 is 0 Å². The van der Waals surface area contributed by atoms with Crippen molar-refractivity contribution in [2.24, 2.45) is 9.98 Å². The Balaban J connectivity index is 0.000000161. The summed E-state index contributed by atoms with van der Waals surface area (Å²) >= 11 is 0. The van der Waals surface area contributed by atoms with Gasteiger partial charge in [0.05, 0.1) is 37.0 Å². The van der Waals surface area contributed by atoms with Gasteiger partial charge in [-0.2, -0.15) is 0 Å². The van der Waals surface area contributed by atoms with Crippen LogP contribution in [0.25, 0.3) is 0 Å². The van der Waals surface area contributed by atoms with Crippen LogP contribution in [-0.4, -0.2) is 50.5 Å². The summed E-state index contributed by atoms with van der Waals surface area (Å²) in [4.78, 5) is 32.4. The Morgan fingerprint density at radius 1 is 0.575 bits per heavy atom. The highest BCUT2D eigenvalue weighted by Crippen LogP contribution is 2.28. The van der Waals surface area contributed by atoms with Crippen molar-refractivity contribution in [2.75, 3.05) is 37.9 Å². The van der Waals surface area contributed by atoms with Crippen LogP contribution in [0.3, 0.4) is 0 Å². The van der Waals surface area contributed by atoms with E-state index in [-0.39, 0.29) is 24.9 Å². The van der Waals surface area contributed by atoms with E-state index in [1.807, 2.05) is 97.1 Å². The van der Waals surface area contributed by atoms with Crippen LogP contribution in [0.5, 0.6) is 11.5 Å². The minimum absolute atomic E-state index is 0.109. The third kappa shape index (κ3) is 5.91. The Labute approximate surface area is 232 Å². The van der Waals surface area contributed by atoms with Gasteiger partial charge in [0.15, 0.2) is 0 Å². The molecule has 0 spiro atoms. The molecule has 0 saturated carbocycles. The molecule has 0 unspecified atom stereocenters. The summed E-state index contributed by atoms with van der Waals surface area (Å²) in [5.74, 6) is 1.22. The van der Waals surface area contributed by atoms with Gasteiger partial charge in [-0.25, -0.2) is 0 Å². The number of fused-ring (bicyclic) bond motifs is 2. The summed E-state index contributed by atoms with van der Waals surface area (Å²) in [6.45, 7) is 0.252. The third-order valence-electron chi connectivity index (χ3n) is 6.37. The van der Waals surface area contributed by atoms with E-state index in [2.05, 4.69) is 20.6 Å². The summed E-state index contributed by atoms with van der Waals surface area (Å²) in [5, 5.41) is 5.73. The molecule has 0 aromatic heterocycles. The normalized spacial score (nSPS) is 13.8.